The fourth-order valence-electron chi connectivity index (χ4n) is 4.59. The van der Waals surface area contributed by atoms with Gasteiger partial charge in [-0.1, -0.05) is 17.7 Å². The molecular weight excluding hydrogens is 454 g/mol. The van der Waals surface area contributed by atoms with Gasteiger partial charge in [-0.3, -0.25) is 4.79 Å². The van der Waals surface area contributed by atoms with Gasteiger partial charge >= 0.3 is 0 Å². The van der Waals surface area contributed by atoms with Gasteiger partial charge in [0, 0.05) is 25.7 Å². The number of aromatic nitrogens is 2. The molecule has 1 aromatic heterocycles. The Hall–Kier alpha value is -2.89. The van der Waals surface area contributed by atoms with Gasteiger partial charge in [0.2, 0.25) is 5.69 Å². The topological polar surface area (TPSA) is 91.9 Å². The zero-order chi connectivity index (χ0) is 24.1. The number of carbonyl (C=O) groups is 1. The lowest BCUT2D eigenvalue weighted by molar-refractivity contribution is 0.0887. The van der Waals surface area contributed by atoms with E-state index in [1.807, 2.05) is 13.0 Å². The van der Waals surface area contributed by atoms with Crippen LogP contribution in [0.5, 0.6) is 5.75 Å². The maximum atomic E-state index is 12.7. The molecule has 2 heterocycles. The van der Waals surface area contributed by atoms with Crippen LogP contribution in [0.4, 0.5) is 11.5 Å². The SMILES string of the molecule is [C-]#[N+]c1ccc(OC2CCC(NC(=O)c3ccc(N4CCC(CO)CC4)nn3)CC2)c(C)c1Cl. The quantitative estimate of drug-likeness (QED) is 0.594. The van der Waals surface area contributed by atoms with Crippen molar-refractivity contribution in [1.82, 2.24) is 15.5 Å². The Kier molecular flexibility index (Phi) is 7.86. The van der Waals surface area contributed by atoms with Crippen LogP contribution in [0.2, 0.25) is 5.02 Å². The molecule has 180 valence electrons. The lowest BCUT2D eigenvalue weighted by Crippen LogP contribution is -2.40. The van der Waals surface area contributed by atoms with Crippen LogP contribution in [0.3, 0.4) is 0 Å². The van der Waals surface area contributed by atoms with Gasteiger partial charge in [-0.25, -0.2) is 4.85 Å². The number of aliphatic hydroxyl groups is 1. The van der Waals surface area contributed by atoms with E-state index >= 15 is 0 Å². The number of benzene rings is 1. The van der Waals surface area contributed by atoms with E-state index in [1.165, 1.54) is 0 Å². The van der Waals surface area contributed by atoms with Gasteiger partial charge in [0.1, 0.15) is 5.75 Å². The number of aliphatic hydroxyl groups excluding tert-OH is 1. The van der Waals surface area contributed by atoms with Crippen LogP contribution in [0.25, 0.3) is 4.85 Å². The molecule has 4 rings (SSSR count). The maximum absolute atomic E-state index is 12.7. The largest absolute Gasteiger partial charge is 0.490 e. The van der Waals surface area contributed by atoms with Crippen molar-refractivity contribution in [3.63, 3.8) is 0 Å². The molecule has 1 aliphatic carbocycles. The summed E-state index contributed by atoms with van der Waals surface area (Å²) in [7, 11) is 0. The number of nitrogens with zero attached hydrogens (tertiary/aromatic N) is 4. The number of ether oxygens (including phenoxy) is 1. The van der Waals surface area contributed by atoms with Crippen LogP contribution in [0, 0.1) is 19.4 Å². The van der Waals surface area contributed by atoms with E-state index in [-0.39, 0.29) is 24.7 Å². The second-order valence-electron chi connectivity index (χ2n) is 9.09. The summed E-state index contributed by atoms with van der Waals surface area (Å²) in [6.45, 7) is 10.9. The molecule has 8 nitrogen and oxygen atoms in total. The van der Waals surface area contributed by atoms with Gasteiger partial charge in [-0.15, -0.1) is 10.2 Å². The molecular formula is C25H30ClN5O3. The minimum absolute atomic E-state index is 0.0516. The summed E-state index contributed by atoms with van der Waals surface area (Å²) in [5, 5.41) is 21.2. The Morgan fingerprint density at radius 2 is 1.91 bits per heavy atom. The first-order valence-corrected chi connectivity index (χ1v) is 12.2. The minimum atomic E-state index is -0.209. The third-order valence-corrected chi connectivity index (χ3v) is 7.30. The molecule has 0 unspecified atom stereocenters. The molecule has 1 amide bonds. The van der Waals surface area contributed by atoms with E-state index in [0.717, 1.165) is 63.0 Å². The summed E-state index contributed by atoms with van der Waals surface area (Å²) >= 11 is 6.26. The number of rotatable bonds is 6. The molecule has 1 aliphatic heterocycles. The summed E-state index contributed by atoms with van der Waals surface area (Å²) in [6, 6.07) is 7.13. The first-order chi connectivity index (χ1) is 16.5. The van der Waals surface area contributed by atoms with Gasteiger partial charge in [-0.05, 0) is 75.1 Å². The lowest BCUT2D eigenvalue weighted by atomic mass is 9.92. The summed E-state index contributed by atoms with van der Waals surface area (Å²) in [5.74, 6) is 1.63. The number of hydrogen-bond acceptors (Lipinski definition) is 6. The van der Waals surface area contributed by atoms with Crippen molar-refractivity contribution in [2.45, 2.75) is 57.6 Å². The Balaban J connectivity index is 1.25. The average molecular weight is 484 g/mol. The highest BCUT2D eigenvalue weighted by Gasteiger charge is 2.26. The number of piperidine rings is 1. The standard InChI is InChI=1S/C25H30ClN5O3/c1-16-22(9-7-20(27-2)24(16)26)34-19-5-3-18(4-6-19)28-25(33)21-8-10-23(30-29-21)31-13-11-17(15-32)12-14-31/h7-10,17-19,32H,3-6,11-15H2,1H3,(H,28,33). The summed E-state index contributed by atoms with van der Waals surface area (Å²) in [6.07, 6.45) is 5.19. The smallest absolute Gasteiger partial charge is 0.272 e. The van der Waals surface area contributed by atoms with E-state index in [9.17, 15) is 9.90 Å². The monoisotopic (exact) mass is 483 g/mol. The number of carbonyl (C=O) groups excluding carboxylic acids is 1. The molecule has 0 atom stereocenters. The highest BCUT2D eigenvalue weighted by Crippen LogP contribution is 2.36. The predicted molar refractivity (Wildman–Crippen MR) is 131 cm³/mol. The van der Waals surface area contributed by atoms with Gasteiger partial charge in [0.05, 0.1) is 17.7 Å². The minimum Gasteiger partial charge on any atom is -0.490 e. The molecule has 2 aromatic rings. The number of halogens is 1. The predicted octanol–water partition coefficient (Wildman–Crippen LogP) is 4.32. The first-order valence-electron chi connectivity index (χ1n) is 11.8. The molecule has 2 aliphatic rings. The third-order valence-electron chi connectivity index (χ3n) is 6.82. The van der Waals surface area contributed by atoms with Crippen LogP contribution in [0.15, 0.2) is 24.3 Å². The molecule has 9 heteroatoms. The molecule has 0 bridgehead atoms. The summed E-state index contributed by atoms with van der Waals surface area (Å²) in [5.41, 5.74) is 1.53. The lowest BCUT2D eigenvalue weighted by Gasteiger charge is -2.31. The van der Waals surface area contributed by atoms with Gasteiger partial charge in [0.25, 0.3) is 5.91 Å². The van der Waals surface area contributed by atoms with Crippen molar-refractivity contribution >= 4 is 29.0 Å². The summed E-state index contributed by atoms with van der Waals surface area (Å²) in [4.78, 5) is 18.2. The zero-order valence-electron chi connectivity index (χ0n) is 19.3. The van der Waals surface area contributed by atoms with E-state index < -0.39 is 0 Å². The van der Waals surface area contributed by atoms with Crippen molar-refractivity contribution < 1.29 is 14.6 Å². The van der Waals surface area contributed by atoms with E-state index in [1.54, 1.807) is 18.2 Å². The second-order valence-corrected chi connectivity index (χ2v) is 9.47. The van der Waals surface area contributed by atoms with Gasteiger partial charge in [0.15, 0.2) is 11.5 Å². The number of amides is 1. The second kappa shape index (κ2) is 11.0. The fraction of sp³-hybridized carbons (Fsp3) is 0.520. The highest BCUT2D eigenvalue weighted by atomic mass is 35.5. The van der Waals surface area contributed by atoms with Crippen molar-refractivity contribution in [1.29, 1.82) is 0 Å². The third kappa shape index (κ3) is 5.60. The van der Waals surface area contributed by atoms with Gasteiger partial charge < -0.3 is 20.1 Å². The molecule has 1 saturated carbocycles. The fourth-order valence-corrected chi connectivity index (χ4v) is 4.79. The van der Waals surface area contributed by atoms with Crippen LogP contribution >= 0.6 is 11.6 Å². The zero-order valence-corrected chi connectivity index (χ0v) is 20.1. The Morgan fingerprint density at radius 3 is 2.53 bits per heavy atom. The molecule has 2 fully saturated rings. The van der Waals surface area contributed by atoms with Crippen LogP contribution in [0.1, 0.15) is 54.6 Å². The Bertz CT molecular complexity index is 1040. The van der Waals surface area contributed by atoms with E-state index in [4.69, 9.17) is 22.9 Å². The van der Waals surface area contributed by atoms with Crippen LogP contribution in [-0.2, 0) is 0 Å². The first kappa shape index (κ1) is 24.2. The van der Waals surface area contributed by atoms with Crippen LogP contribution < -0.4 is 15.0 Å². The van der Waals surface area contributed by atoms with Crippen LogP contribution in [-0.4, -0.2) is 53.1 Å². The molecule has 0 radical (unpaired) electrons. The number of hydrogen-bond donors (Lipinski definition) is 2. The average Bonchev–Trinajstić information content (AvgIpc) is 2.88. The van der Waals surface area contributed by atoms with Crippen molar-refractivity contribution in [3.05, 3.63) is 52.0 Å². The normalized spacial score (nSPS) is 21.1. The molecule has 34 heavy (non-hydrogen) atoms. The molecule has 2 N–H and O–H groups in total. The van der Waals surface area contributed by atoms with Gasteiger partial charge in [-0.2, -0.15) is 0 Å². The maximum Gasteiger partial charge on any atom is 0.272 e. The number of anilines is 1. The summed E-state index contributed by atoms with van der Waals surface area (Å²) < 4.78 is 6.15. The Labute approximate surface area is 205 Å². The van der Waals surface area contributed by atoms with E-state index in [0.29, 0.717) is 28.1 Å². The highest BCUT2D eigenvalue weighted by molar-refractivity contribution is 6.34. The van der Waals surface area contributed by atoms with Crippen molar-refractivity contribution in [2.75, 3.05) is 24.6 Å². The van der Waals surface area contributed by atoms with E-state index in [2.05, 4.69) is 25.3 Å². The molecule has 0 spiro atoms. The van der Waals surface area contributed by atoms with Crippen molar-refractivity contribution in [3.8, 4) is 5.75 Å². The number of nitrogens with one attached hydrogen (secondary N) is 1. The molecule has 1 saturated heterocycles. The van der Waals surface area contributed by atoms with Crippen molar-refractivity contribution in [2.24, 2.45) is 5.92 Å². The Morgan fingerprint density at radius 1 is 1.18 bits per heavy atom. The molecule has 1 aromatic carbocycles.